The molecule has 1 fully saturated rings. The zero-order chi connectivity index (χ0) is 21.3. The van der Waals surface area contributed by atoms with Gasteiger partial charge in [-0.05, 0) is 69.2 Å². The zero-order valence-corrected chi connectivity index (χ0v) is 18.3. The predicted octanol–water partition coefficient (Wildman–Crippen LogP) is 4.27. The topological polar surface area (TPSA) is 60.0 Å². The number of amides is 1. The Labute approximate surface area is 183 Å². The van der Waals surface area contributed by atoms with Crippen molar-refractivity contribution in [2.45, 2.75) is 26.7 Å². The van der Waals surface area contributed by atoms with E-state index in [2.05, 4.69) is 10.2 Å². The summed E-state index contributed by atoms with van der Waals surface area (Å²) in [4.78, 5) is 15.3. The molecular formula is C23H28N2O4S. The van der Waals surface area contributed by atoms with Crippen LogP contribution in [0.4, 0.5) is 5.69 Å². The van der Waals surface area contributed by atoms with E-state index in [9.17, 15) is 4.79 Å². The molecule has 1 N–H and O–H groups in total. The number of rotatable bonds is 9. The molecule has 1 aliphatic rings. The monoisotopic (exact) mass is 428 g/mol. The Kier molecular flexibility index (Phi) is 7.90. The van der Waals surface area contributed by atoms with Crippen LogP contribution in [0.25, 0.3) is 0 Å². The van der Waals surface area contributed by atoms with Gasteiger partial charge in [0.2, 0.25) is 0 Å². The summed E-state index contributed by atoms with van der Waals surface area (Å²) in [5.41, 5.74) is 1.62. The Hall–Kier alpha value is -2.80. The van der Waals surface area contributed by atoms with Crippen molar-refractivity contribution >= 4 is 28.8 Å². The van der Waals surface area contributed by atoms with Crippen LogP contribution in [0.15, 0.2) is 42.5 Å². The number of hydrogen-bond donors (Lipinski definition) is 1. The number of ether oxygens (including phenoxy) is 3. The minimum absolute atomic E-state index is 0.122. The number of nitrogens with one attached hydrogen (secondary N) is 1. The van der Waals surface area contributed by atoms with Crippen LogP contribution in [-0.2, 0) is 4.79 Å². The van der Waals surface area contributed by atoms with Gasteiger partial charge in [0.1, 0.15) is 10.7 Å². The van der Waals surface area contributed by atoms with Crippen LogP contribution in [0, 0.1) is 0 Å². The standard InChI is InChI=1S/C23H28N2O4S/c1-3-27-19-10-8-18(9-11-19)24-22(26)16-29-20-12-7-17(15-21(20)28-4-2)23(30)25-13-5-6-14-25/h7-12,15H,3-6,13-14,16H2,1-2H3,(H,24,26). The van der Waals surface area contributed by atoms with E-state index in [1.54, 1.807) is 12.1 Å². The SMILES string of the molecule is CCOc1ccc(NC(=O)COc2ccc(C(=S)N3CCCC3)cc2OCC)cc1. The van der Waals surface area contributed by atoms with E-state index < -0.39 is 0 Å². The van der Waals surface area contributed by atoms with E-state index in [0.29, 0.717) is 30.4 Å². The van der Waals surface area contributed by atoms with Gasteiger partial charge in [0.15, 0.2) is 18.1 Å². The van der Waals surface area contributed by atoms with Crippen LogP contribution >= 0.6 is 12.2 Å². The van der Waals surface area contributed by atoms with Crippen molar-refractivity contribution in [3.63, 3.8) is 0 Å². The molecule has 2 aromatic rings. The van der Waals surface area contributed by atoms with Crippen LogP contribution < -0.4 is 19.5 Å². The van der Waals surface area contributed by atoms with E-state index in [0.717, 1.165) is 29.4 Å². The third-order valence-corrected chi connectivity index (χ3v) is 5.19. The van der Waals surface area contributed by atoms with Crippen molar-refractivity contribution in [3.05, 3.63) is 48.0 Å². The van der Waals surface area contributed by atoms with Gasteiger partial charge in [-0.3, -0.25) is 4.79 Å². The van der Waals surface area contributed by atoms with E-state index >= 15 is 0 Å². The highest BCUT2D eigenvalue weighted by atomic mass is 32.1. The third-order valence-electron chi connectivity index (χ3n) is 4.69. The fourth-order valence-electron chi connectivity index (χ4n) is 3.27. The average Bonchev–Trinajstić information content (AvgIpc) is 3.29. The minimum Gasteiger partial charge on any atom is -0.494 e. The van der Waals surface area contributed by atoms with Gasteiger partial charge in [-0.2, -0.15) is 0 Å². The lowest BCUT2D eigenvalue weighted by Gasteiger charge is -2.20. The molecule has 160 valence electrons. The Balaban J connectivity index is 1.60. The molecule has 1 heterocycles. The molecule has 0 aliphatic carbocycles. The first-order valence-corrected chi connectivity index (χ1v) is 10.7. The smallest absolute Gasteiger partial charge is 0.262 e. The van der Waals surface area contributed by atoms with Crippen LogP contribution in [0.1, 0.15) is 32.3 Å². The Morgan fingerprint density at radius 1 is 0.967 bits per heavy atom. The molecule has 3 rings (SSSR count). The lowest BCUT2D eigenvalue weighted by molar-refractivity contribution is -0.118. The van der Waals surface area contributed by atoms with Crippen molar-refractivity contribution in [1.82, 2.24) is 4.90 Å². The fraction of sp³-hybridized carbons (Fsp3) is 0.391. The highest BCUT2D eigenvalue weighted by Gasteiger charge is 2.18. The number of nitrogens with zero attached hydrogens (tertiary/aromatic N) is 1. The zero-order valence-electron chi connectivity index (χ0n) is 17.5. The van der Waals surface area contributed by atoms with E-state index in [-0.39, 0.29) is 12.5 Å². The van der Waals surface area contributed by atoms with E-state index in [4.69, 9.17) is 26.4 Å². The van der Waals surface area contributed by atoms with Crippen LogP contribution in [0.3, 0.4) is 0 Å². The molecule has 0 radical (unpaired) electrons. The molecule has 0 saturated carbocycles. The number of likely N-dealkylation sites (tertiary alicyclic amines) is 1. The van der Waals surface area contributed by atoms with Crippen molar-refractivity contribution in [2.75, 3.05) is 38.2 Å². The molecule has 0 spiro atoms. The summed E-state index contributed by atoms with van der Waals surface area (Å²) in [6, 6.07) is 12.8. The number of benzene rings is 2. The Bertz CT molecular complexity index is 864. The van der Waals surface area contributed by atoms with Gasteiger partial charge >= 0.3 is 0 Å². The van der Waals surface area contributed by atoms with Crippen molar-refractivity contribution in [2.24, 2.45) is 0 Å². The van der Waals surface area contributed by atoms with E-state index in [1.165, 1.54) is 12.8 Å². The van der Waals surface area contributed by atoms with E-state index in [1.807, 2.05) is 44.2 Å². The first-order chi connectivity index (χ1) is 14.6. The molecule has 1 saturated heterocycles. The Morgan fingerprint density at radius 2 is 1.67 bits per heavy atom. The summed E-state index contributed by atoms with van der Waals surface area (Å²) in [6.07, 6.45) is 2.34. The van der Waals surface area contributed by atoms with Crippen molar-refractivity contribution in [1.29, 1.82) is 0 Å². The number of thiocarbonyl (C=S) groups is 1. The van der Waals surface area contributed by atoms with Crippen molar-refractivity contribution < 1.29 is 19.0 Å². The van der Waals surface area contributed by atoms with Crippen LogP contribution in [0.2, 0.25) is 0 Å². The second-order valence-corrected chi connectivity index (χ2v) is 7.27. The second-order valence-electron chi connectivity index (χ2n) is 6.89. The summed E-state index contributed by atoms with van der Waals surface area (Å²) in [7, 11) is 0. The minimum atomic E-state index is -0.252. The summed E-state index contributed by atoms with van der Waals surface area (Å²) < 4.78 is 16.9. The van der Waals surface area contributed by atoms with Gasteiger partial charge in [-0.25, -0.2) is 0 Å². The van der Waals surface area contributed by atoms with Crippen LogP contribution in [-0.4, -0.2) is 48.7 Å². The third kappa shape index (κ3) is 5.86. The normalized spacial score (nSPS) is 13.1. The molecule has 0 bridgehead atoms. The fourth-order valence-corrected chi connectivity index (χ4v) is 3.58. The quantitative estimate of drug-likeness (QED) is 0.602. The Morgan fingerprint density at radius 3 is 2.33 bits per heavy atom. The number of anilines is 1. The van der Waals surface area contributed by atoms with Gasteiger partial charge in [0.25, 0.3) is 5.91 Å². The molecule has 1 amide bonds. The molecular weight excluding hydrogens is 400 g/mol. The van der Waals surface area contributed by atoms with Gasteiger partial charge < -0.3 is 24.4 Å². The summed E-state index contributed by atoms with van der Waals surface area (Å²) in [5, 5.41) is 2.81. The molecule has 1 aliphatic heterocycles. The predicted molar refractivity (Wildman–Crippen MR) is 122 cm³/mol. The second kappa shape index (κ2) is 10.8. The summed E-state index contributed by atoms with van der Waals surface area (Å²) in [5.74, 6) is 1.62. The first-order valence-electron chi connectivity index (χ1n) is 10.3. The molecule has 0 aromatic heterocycles. The summed E-state index contributed by atoms with van der Waals surface area (Å²) >= 11 is 5.63. The maximum absolute atomic E-state index is 12.3. The maximum Gasteiger partial charge on any atom is 0.262 e. The number of carbonyl (C=O) groups is 1. The maximum atomic E-state index is 12.3. The summed E-state index contributed by atoms with van der Waals surface area (Å²) in [6.45, 7) is 6.80. The van der Waals surface area contributed by atoms with Gasteiger partial charge in [-0.15, -0.1) is 0 Å². The van der Waals surface area contributed by atoms with Crippen LogP contribution in [0.5, 0.6) is 17.2 Å². The number of carbonyl (C=O) groups excluding carboxylic acids is 1. The molecule has 2 aromatic carbocycles. The average molecular weight is 429 g/mol. The highest BCUT2D eigenvalue weighted by Crippen LogP contribution is 2.30. The molecule has 7 heteroatoms. The van der Waals surface area contributed by atoms with Gasteiger partial charge in [-0.1, -0.05) is 12.2 Å². The molecule has 6 nitrogen and oxygen atoms in total. The molecule has 0 unspecified atom stereocenters. The lowest BCUT2D eigenvalue weighted by Crippen LogP contribution is -2.26. The lowest BCUT2D eigenvalue weighted by atomic mass is 10.2. The highest BCUT2D eigenvalue weighted by molar-refractivity contribution is 7.80. The molecule has 0 atom stereocenters. The molecule has 30 heavy (non-hydrogen) atoms. The first kappa shape index (κ1) is 21.9. The van der Waals surface area contributed by atoms with Crippen molar-refractivity contribution in [3.8, 4) is 17.2 Å². The van der Waals surface area contributed by atoms with Gasteiger partial charge in [0, 0.05) is 24.3 Å². The number of hydrogen-bond acceptors (Lipinski definition) is 5. The van der Waals surface area contributed by atoms with Gasteiger partial charge in [0.05, 0.1) is 13.2 Å². The largest absolute Gasteiger partial charge is 0.494 e.